The molecule has 7 heteroatoms. The van der Waals surface area contributed by atoms with E-state index >= 15 is 0 Å². The maximum atomic E-state index is 14.3. The minimum atomic E-state index is -2.79. The fraction of sp³-hybridized carbons (Fsp3) is 0.789. The Morgan fingerprint density at radius 3 is 2.22 bits per heavy atom. The fourth-order valence-corrected chi connectivity index (χ4v) is 10.4. The van der Waals surface area contributed by atoms with Crippen LogP contribution < -0.4 is 0 Å². The van der Waals surface area contributed by atoms with Gasteiger partial charge in [0.15, 0.2) is 11.6 Å². The lowest BCUT2D eigenvalue weighted by Gasteiger charge is -2.65. The van der Waals surface area contributed by atoms with Crippen molar-refractivity contribution in [1.82, 2.24) is 4.90 Å². The second-order valence-electron chi connectivity index (χ2n) is 17.8. The largest absolute Gasteiger partial charge is 0.336 e. The molecular weight excluding hydrogens is 570 g/mol. The number of hydrogen-bond acceptors (Lipinski definition) is 4. The fourth-order valence-electron chi connectivity index (χ4n) is 10.4. The topological polar surface area (TPSA) is 78.2 Å². The van der Waals surface area contributed by atoms with Crippen LogP contribution in [0.5, 0.6) is 0 Å². The average Bonchev–Trinajstić information content (AvgIpc) is 3.32. The number of carbonyl (C=O) groups is 3. The molecule has 1 heterocycles. The van der Waals surface area contributed by atoms with Crippen molar-refractivity contribution in [2.45, 2.75) is 132 Å². The third kappa shape index (κ3) is 5.54. The number of hydrogen-bond donors (Lipinski definition) is 0. The molecule has 0 bridgehead atoms. The van der Waals surface area contributed by atoms with Crippen LogP contribution >= 0.6 is 0 Å². The lowest BCUT2D eigenvalue weighted by molar-refractivity contribution is -0.139. The molecule has 1 aliphatic heterocycles. The summed E-state index contributed by atoms with van der Waals surface area (Å²) >= 11 is 0. The number of likely N-dealkylation sites (tertiary alicyclic amines) is 1. The monoisotopic (exact) mass is 624 g/mol. The Hall–Kier alpha value is -2.36. The highest BCUT2D eigenvalue weighted by Gasteiger charge is 2.65. The van der Waals surface area contributed by atoms with Crippen LogP contribution in [0, 0.1) is 55.7 Å². The van der Waals surface area contributed by atoms with Crippen molar-refractivity contribution in [3.8, 4) is 6.07 Å². The average molecular weight is 625 g/mol. The molecule has 5 aliphatic rings. The second kappa shape index (κ2) is 10.8. The van der Waals surface area contributed by atoms with E-state index < -0.39 is 23.3 Å². The molecule has 1 amide bonds. The number of rotatable bonds is 3. The van der Waals surface area contributed by atoms with Crippen LogP contribution in [-0.4, -0.2) is 41.4 Å². The molecule has 5 rings (SSSR count). The molecule has 0 aromatic carbocycles. The van der Waals surface area contributed by atoms with E-state index in [-0.39, 0.29) is 75.9 Å². The summed E-state index contributed by atoms with van der Waals surface area (Å²) in [7, 11) is 0. The van der Waals surface area contributed by atoms with Crippen molar-refractivity contribution in [1.29, 1.82) is 5.26 Å². The summed E-state index contributed by atoms with van der Waals surface area (Å²) in [4.78, 5) is 42.1. The normalized spacial score (nSPS) is 40.7. The Kier molecular flexibility index (Phi) is 8.19. The van der Waals surface area contributed by atoms with Gasteiger partial charge < -0.3 is 4.90 Å². The van der Waals surface area contributed by atoms with E-state index in [0.29, 0.717) is 6.42 Å². The number of amides is 1. The summed E-state index contributed by atoms with van der Waals surface area (Å²) in [5, 5.41) is 9.98. The van der Waals surface area contributed by atoms with Gasteiger partial charge in [0.2, 0.25) is 5.91 Å². The van der Waals surface area contributed by atoms with Gasteiger partial charge in [-0.15, -0.1) is 0 Å². The Balaban J connectivity index is 1.51. The molecule has 0 radical (unpaired) electrons. The summed E-state index contributed by atoms with van der Waals surface area (Å²) in [5.74, 6) is -3.06. The van der Waals surface area contributed by atoms with Crippen LogP contribution in [0.25, 0.3) is 0 Å². The van der Waals surface area contributed by atoms with Crippen molar-refractivity contribution in [3.63, 3.8) is 0 Å². The zero-order chi connectivity index (χ0) is 33.4. The summed E-state index contributed by atoms with van der Waals surface area (Å²) in [6, 6.07) is 2.18. The van der Waals surface area contributed by atoms with Gasteiger partial charge in [-0.25, -0.2) is 8.78 Å². The Morgan fingerprint density at radius 2 is 1.60 bits per heavy atom. The molecule has 0 aromatic rings. The van der Waals surface area contributed by atoms with Gasteiger partial charge in [0.05, 0.1) is 12.1 Å². The first kappa shape index (κ1) is 34.0. The quantitative estimate of drug-likeness (QED) is 0.315. The van der Waals surface area contributed by atoms with Gasteiger partial charge in [-0.1, -0.05) is 67.0 Å². The maximum Gasteiger partial charge on any atom is 0.267 e. The first-order valence-corrected chi connectivity index (χ1v) is 17.2. The lowest BCUT2D eigenvalue weighted by atomic mass is 9.38. The van der Waals surface area contributed by atoms with E-state index in [9.17, 15) is 28.4 Å². The molecule has 2 saturated carbocycles. The molecule has 0 spiro atoms. The van der Waals surface area contributed by atoms with Gasteiger partial charge in [-0.3, -0.25) is 14.4 Å². The minimum Gasteiger partial charge on any atom is -0.336 e. The maximum absolute atomic E-state index is 14.3. The number of carbonyl (C=O) groups excluding carboxylic acids is 3. The number of fused-ring (bicyclic) bond motifs is 5. The van der Waals surface area contributed by atoms with E-state index in [1.54, 1.807) is 0 Å². The molecule has 6 atom stereocenters. The van der Waals surface area contributed by atoms with E-state index in [1.807, 2.05) is 26.0 Å². The Bertz CT molecular complexity index is 1390. The molecule has 4 aliphatic carbocycles. The number of halogens is 2. The zero-order valence-electron chi connectivity index (χ0n) is 28.9. The van der Waals surface area contributed by atoms with E-state index in [4.69, 9.17) is 0 Å². The highest BCUT2D eigenvalue weighted by molar-refractivity contribution is 6.04. The van der Waals surface area contributed by atoms with E-state index in [2.05, 4.69) is 47.6 Å². The van der Waals surface area contributed by atoms with Crippen LogP contribution in [0.4, 0.5) is 8.78 Å². The van der Waals surface area contributed by atoms with E-state index in [0.717, 1.165) is 56.9 Å². The predicted octanol–water partition coefficient (Wildman–Crippen LogP) is 8.63. The summed E-state index contributed by atoms with van der Waals surface area (Å²) in [6.07, 6.45) is 11.5. The molecule has 45 heavy (non-hydrogen) atoms. The van der Waals surface area contributed by atoms with Crippen molar-refractivity contribution in [2.75, 3.05) is 13.1 Å². The highest BCUT2D eigenvalue weighted by atomic mass is 19.3. The lowest BCUT2D eigenvalue weighted by Crippen LogP contribution is -2.60. The third-order valence-corrected chi connectivity index (χ3v) is 14.0. The molecule has 0 aromatic heterocycles. The number of nitrogens with zero attached hydrogens (tertiary/aromatic N) is 2. The summed E-state index contributed by atoms with van der Waals surface area (Å²) in [6.45, 7) is 17.2. The van der Waals surface area contributed by atoms with Crippen molar-refractivity contribution in [2.24, 2.45) is 44.3 Å². The summed E-state index contributed by atoms with van der Waals surface area (Å²) in [5.41, 5.74) is -0.835. The zero-order valence-corrected chi connectivity index (χ0v) is 28.9. The van der Waals surface area contributed by atoms with Crippen molar-refractivity contribution < 1.29 is 23.2 Å². The molecule has 0 N–H and O–H groups in total. The Labute approximate surface area is 269 Å². The predicted molar refractivity (Wildman–Crippen MR) is 171 cm³/mol. The smallest absolute Gasteiger partial charge is 0.267 e. The number of nitriles is 1. The molecule has 1 unspecified atom stereocenters. The molecule has 5 nitrogen and oxygen atoms in total. The van der Waals surface area contributed by atoms with Gasteiger partial charge in [0, 0.05) is 36.1 Å². The standard InChI is InChI=1S/C38H54F2N2O3/c1-32(2)12-9-26-27(43)21-29-35(6)22-25(23-41)31(45)33(3,4)28(35)10-14-37(29,8)36(26,7)18-17-34(5,16-15-32)13-11-30(44)42-20-19-38(39,40)24-42/h21-22,26,28H,9-20,24H2,1-8H3/t26?,28-,34-,35-,36+,37+/m0/s1. The molecule has 3 fully saturated rings. The Morgan fingerprint density at radius 1 is 0.933 bits per heavy atom. The van der Waals surface area contributed by atoms with Crippen LogP contribution in [-0.2, 0) is 14.4 Å². The third-order valence-electron chi connectivity index (χ3n) is 14.0. The number of ketones is 2. The number of Topliss-reactive ketones (excluding diaryl/α,β-unsaturated/α-hetero) is 1. The van der Waals surface area contributed by atoms with Crippen LogP contribution in [0.2, 0.25) is 0 Å². The van der Waals surface area contributed by atoms with Gasteiger partial charge >= 0.3 is 0 Å². The first-order valence-electron chi connectivity index (χ1n) is 17.2. The van der Waals surface area contributed by atoms with Gasteiger partial charge in [0.1, 0.15) is 6.07 Å². The summed E-state index contributed by atoms with van der Waals surface area (Å²) < 4.78 is 27.7. The van der Waals surface area contributed by atoms with Gasteiger partial charge in [0.25, 0.3) is 5.92 Å². The molecular formula is C38H54F2N2O3. The van der Waals surface area contributed by atoms with E-state index in [1.165, 1.54) is 4.90 Å². The van der Waals surface area contributed by atoms with Gasteiger partial charge in [-0.2, -0.15) is 5.26 Å². The molecule has 1 saturated heterocycles. The number of allylic oxidation sites excluding steroid dienone is 4. The van der Waals surface area contributed by atoms with Crippen LogP contribution in [0.1, 0.15) is 126 Å². The minimum absolute atomic E-state index is 0.00501. The van der Waals surface area contributed by atoms with Crippen LogP contribution in [0.15, 0.2) is 23.3 Å². The second-order valence-corrected chi connectivity index (χ2v) is 17.8. The van der Waals surface area contributed by atoms with Crippen LogP contribution in [0.3, 0.4) is 0 Å². The van der Waals surface area contributed by atoms with Crippen molar-refractivity contribution in [3.05, 3.63) is 23.3 Å². The van der Waals surface area contributed by atoms with Gasteiger partial charge in [-0.05, 0) is 91.4 Å². The first-order chi connectivity index (χ1) is 20.6. The highest BCUT2D eigenvalue weighted by Crippen LogP contribution is 2.70. The number of alkyl halides is 2. The molecule has 248 valence electrons. The SMILES string of the molecule is CC1(C)CCC2C(=O)C=C3[C@@]4(C)C=C(C#N)C(=O)C(C)(C)[C@@H]4CC[C@@]3(C)[C@]2(C)CC[C@@](C)(CCC(=O)N2CCC(F)(F)C2)CC1. The van der Waals surface area contributed by atoms with Crippen molar-refractivity contribution >= 4 is 17.5 Å².